The van der Waals surface area contributed by atoms with Crippen LogP contribution in [0, 0.1) is 0 Å². The van der Waals surface area contributed by atoms with E-state index in [1.54, 1.807) is 7.11 Å². The van der Waals surface area contributed by atoms with Gasteiger partial charge in [-0.1, -0.05) is 19.3 Å². The quantitative estimate of drug-likeness (QED) is 0.528. The van der Waals surface area contributed by atoms with E-state index in [4.69, 9.17) is 9.47 Å². The van der Waals surface area contributed by atoms with Gasteiger partial charge in [0.2, 0.25) is 0 Å². The van der Waals surface area contributed by atoms with E-state index in [1.807, 2.05) is 0 Å². The lowest BCUT2D eigenvalue weighted by atomic mass is 9.98. The zero-order valence-corrected chi connectivity index (χ0v) is 15.5. The Bertz CT molecular complexity index is 406. The molecule has 0 unspecified atom stereocenters. The van der Waals surface area contributed by atoms with Crippen LogP contribution in [0.5, 0.6) is 0 Å². The Morgan fingerprint density at radius 3 is 1.45 bits per heavy atom. The molecule has 1 fully saturated rings. The van der Waals surface area contributed by atoms with E-state index in [9.17, 15) is 16.8 Å². The first-order valence-electron chi connectivity index (χ1n) is 6.67. The summed E-state index contributed by atoms with van der Waals surface area (Å²) in [7, 11) is -2.41. The van der Waals surface area contributed by atoms with E-state index in [0.717, 1.165) is 26.7 Å². The van der Waals surface area contributed by atoms with Gasteiger partial charge in [0, 0.05) is 7.11 Å². The van der Waals surface area contributed by atoms with Gasteiger partial charge in [0.25, 0.3) is 20.2 Å². The van der Waals surface area contributed by atoms with Crippen LogP contribution in [0.2, 0.25) is 0 Å². The molecule has 0 aromatic heterocycles. The maximum atomic E-state index is 9.78. The molecule has 1 saturated carbocycles. The molecule has 0 spiro atoms. The number of ether oxygens (including phenoxy) is 2. The second kappa shape index (κ2) is 13.2. The standard InChI is InChI=1S/C8H16O2.2C2H6O3S/c1-9-7-10-8-5-3-2-4-6-8;2*1-5-6(2,3)4/h8H,2-7H2,1H3;2*1-2H3. The first-order valence-corrected chi connectivity index (χ1v) is 10.3. The van der Waals surface area contributed by atoms with Crippen LogP contribution in [0.4, 0.5) is 0 Å². The molecule has 0 heterocycles. The van der Waals surface area contributed by atoms with Crippen molar-refractivity contribution in [2.75, 3.05) is 40.6 Å². The van der Waals surface area contributed by atoms with Gasteiger partial charge in [-0.3, -0.25) is 8.37 Å². The van der Waals surface area contributed by atoms with E-state index in [1.165, 1.54) is 32.1 Å². The molecular formula is C12H28O8S2. The summed E-state index contributed by atoms with van der Waals surface area (Å²) in [5.41, 5.74) is 0. The summed E-state index contributed by atoms with van der Waals surface area (Å²) in [5.74, 6) is 0. The highest BCUT2D eigenvalue weighted by molar-refractivity contribution is 7.86. The lowest BCUT2D eigenvalue weighted by Gasteiger charge is -2.21. The molecule has 8 nitrogen and oxygen atoms in total. The zero-order chi connectivity index (χ0) is 17.6. The molecule has 10 heteroatoms. The average Bonchev–Trinajstić information content (AvgIpc) is 2.46. The Hall–Kier alpha value is -0.260. The van der Waals surface area contributed by atoms with E-state index < -0.39 is 20.2 Å². The minimum atomic E-state index is -3.16. The van der Waals surface area contributed by atoms with Gasteiger partial charge in [0.05, 0.1) is 32.8 Å². The highest BCUT2D eigenvalue weighted by atomic mass is 32.2. The summed E-state index contributed by atoms with van der Waals surface area (Å²) < 4.78 is 57.2. The Labute approximate surface area is 134 Å². The molecule has 136 valence electrons. The Balaban J connectivity index is 0. The summed E-state index contributed by atoms with van der Waals surface area (Å²) >= 11 is 0. The average molecular weight is 364 g/mol. The molecule has 22 heavy (non-hydrogen) atoms. The fourth-order valence-electron chi connectivity index (χ4n) is 1.40. The molecule has 0 aromatic carbocycles. The van der Waals surface area contributed by atoms with Gasteiger partial charge in [0.1, 0.15) is 6.79 Å². The van der Waals surface area contributed by atoms with Crippen LogP contribution >= 0.6 is 0 Å². The predicted octanol–water partition coefficient (Wildman–Crippen LogP) is 1.12. The molecule has 0 bridgehead atoms. The van der Waals surface area contributed by atoms with Crippen molar-refractivity contribution in [3.05, 3.63) is 0 Å². The third-order valence-corrected chi connectivity index (χ3v) is 3.79. The van der Waals surface area contributed by atoms with Crippen molar-refractivity contribution in [2.45, 2.75) is 38.2 Å². The first kappa shape index (κ1) is 24.0. The van der Waals surface area contributed by atoms with Gasteiger partial charge in [0.15, 0.2) is 0 Å². The van der Waals surface area contributed by atoms with Crippen molar-refractivity contribution < 1.29 is 34.7 Å². The van der Waals surface area contributed by atoms with Gasteiger partial charge in [-0.25, -0.2) is 0 Å². The smallest absolute Gasteiger partial charge is 0.264 e. The van der Waals surface area contributed by atoms with Gasteiger partial charge in [-0.2, -0.15) is 16.8 Å². The fraction of sp³-hybridized carbons (Fsp3) is 1.00. The van der Waals surface area contributed by atoms with Crippen LogP contribution in [0.1, 0.15) is 32.1 Å². The highest BCUT2D eigenvalue weighted by Gasteiger charge is 2.12. The topological polar surface area (TPSA) is 105 Å². The lowest BCUT2D eigenvalue weighted by Crippen LogP contribution is -2.17. The first-order chi connectivity index (χ1) is 10.1. The minimum Gasteiger partial charge on any atom is -0.359 e. The van der Waals surface area contributed by atoms with Crippen molar-refractivity contribution in [3.8, 4) is 0 Å². The molecule has 0 radical (unpaired) electrons. The lowest BCUT2D eigenvalue weighted by molar-refractivity contribution is -0.0818. The maximum Gasteiger partial charge on any atom is 0.264 e. The Morgan fingerprint density at radius 2 is 1.18 bits per heavy atom. The molecule has 1 aliphatic rings. The molecule has 0 aromatic rings. The summed E-state index contributed by atoms with van der Waals surface area (Å²) in [5, 5.41) is 0. The Kier molecular flexibility index (Phi) is 14.4. The second-order valence-electron chi connectivity index (χ2n) is 4.57. The van der Waals surface area contributed by atoms with Crippen LogP contribution in [0.3, 0.4) is 0 Å². The molecule has 0 amide bonds. The molecule has 0 N–H and O–H groups in total. The number of methoxy groups -OCH3 is 1. The van der Waals surface area contributed by atoms with Crippen LogP contribution < -0.4 is 0 Å². The van der Waals surface area contributed by atoms with E-state index >= 15 is 0 Å². The van der Waals surface area contributed by atoms with Gasteiger partial charge >= 0.3 is 0 Å². The molecule has 0 atom stereocenters. The van der Waals surface area contributed by atoms with Gasteiger partial charge < -0.3 is 9.47 Å². The van der Waals surface area contributed by atoms with Crippen LogP contribution in [-0.4, -0.2) is 63.6 Å². The predicted molar refractivity (Wildman–Crippen MR) is 83.5 cm³/mol. The van der Waals surface area contributed by atoms with Crippen LogP contribution in [-0.2, 0) is 38.1 Å². The zero-order valence-electron chi connectivity index (χ0n) is 13.9. The highest BCUT2D eigenvalue weighted by Crippen LogP contribution is 2.19. The van der Waals surface area contributed by atoms with Gasteiger partial charge in [-0.05, 0) is 12.8 Å². The SMILES string of the molecule is COCOC1CCCCC1.COS(C)(=O)=O.COS(C)(=O)=O. The third-order valence-electron chi connectivity index (χ3n) is 2.58. The third kappa shape index (κ3) is 22.0. The van der Waals surface area contributed by atoms with E-state index in [0.29, 0.717) is 12.9 Å². The number of hydrogen-bond acceptors (Lipinski definition) is 8. The summed E-state index contributed by atoms with van der Waals surface area (Å²) in [4.78, 5) is 0. The Morgan fingerprint density at radius 1 is 0.818 bits per heavy atom. The minimum absolute atomic E-state index is 0.463. The van der Waals surface area contributed by atoms with Crippen molar-refractivity contribution in [3.63, 3.8) is 0 Å². The number of hydrogen-bond donors (Lipinski definition) is 0. The molecule has 1 aliphatic carbocycles. The molecular weight excluding hydrogens is 336 g/mol. The maximum absolute atomic E-state index is 9.78. The van der Waals surface area contributed by atoms with Gasteiger partial charge in [-0.15, -0.1) is 0 Å². The summed E-state index contributed by atoms with van der Waals surface area (Å²) in [6.07, 6.45) is 8.95. The summed E-state index contributed by atoms with van der Waals surface area (Å²) in [6, 6.07) is 0. The number of rotatable bonds is 5. The van der Waals surface area contributed by atoms with Crippen molar-refractivity contribution in [1.82, 2.24) is 0 Å². The monoisotopic (exact) mass is 364 g/mol. The van der Waals surface area contributed by atoms with E-state index in [2.05, 4.69) is 8.37 Å². The fourth-order valence-corrected chi connectivity index (χ4v) is 1.40. The molecule has 0 aliphatic heterocycles. The van der Waals surface area contributed by atoms with Crippen molar-refractivity contribution in [1.29, 1.82) is 0 Å². The normalized spacial score (nSPS) is 16.0. The van der Waals surface area contributed by atoms with Crippen LogP contribution in [0.25, 0.3) is 0 Å². The summed E-state index contributed by atoms with van der Waals surface area (Å²) in [6.45, 7) is 0.463. The van der Waals surface area contributed by atoms with Crippen molar-refractivity contribution in [2.24, 2.45) is 0 Å². The van der Waals surface area contributed by atoms with E-state index in [-0.39, 0.29) is 0 Å². The second-order valence-corrected chi connectivity index (χ2v) is 8.06. The largest absolute Gasteiger partial charge is 0.359 e. The van der Waals surface area contributed by atoms with Crippen LogP contribution in [0.15, 0.2) is 0 Å². The van der Waals surface area contributed by atoms with Crippen molar-refractivity contribution >= 4 is 20.2 Å². The molecule has 0 saturated heterocycles. The molecule has 1 rings (SSSR count).